The van der Waals surface area contributed by atoms with Gasteiger partial charge in [0.2, 0.25) is 0 Å². The largest absolute Gasteiger partial charge is 0.306 e. The predicted octanol–water partition coefficient (Wildman–Crippen LogP) is 8.11. The summed E-state index contributed by atoms with van der Waals surface area (Å²) >= 11 is 0. The second kappa shape index (κ2) is 9.43. The van der Waals surface area contributed by atoms with Gasteiger partial charge >= 0.3 is 0 Å². The number of likely N-dealkylation sites (tertiary alicyclic amines) is 1. The van der Waals surface area contributed by atoms with Crippen LogP contribution < -0.4 is 0 Å². The number of aromatic nitrogens is 1. The second-order valence-corrected chi connectivity index (χ2v) is 13.3. The molecule has 6 rings (SSSR count). The van der Waals surface area contributed by atoms with Crippen LogP contribution in [0.5, 0.6) is 0 Å². The molecule has 2 heterocycles. The highest BCUT2D eigenvalue weighted by atomic mass is 15.1. The molecule has 3 fully saturated rings. The topological polar surface area (TPSA) is 16.1 Å². The molecule has 6 atom stereocenters. The summed E-state index contributed by atoms with van der Waals surface area (Å²) in [6.45, 7) is 12.1. The molecular weight excluding hydrogens is 436 g/mol. The van der Waals surface area contributed by atoms with E-state index in [2.05, 4.69) is 80.0 Å². The molecule has 0 amide bonds. The van der Waals surface area contributed by atoms with Gasteiger partial charge in [-0.1, -0.05) is 61.9 Å². The van der Waals surface area contributed by atoms with Crippen LogP contribution in [0.3, 0.4) is 0 Å². The summed E-state index contributed by atoms with van der Waals surface area (Å²) in [7, 11) is 2.24. The average Bonchev–Trinajstić information content (AvgIpc) is 3.25. The summed E-state index contributed by atoms with van der Waals surface area (Å²) < 4.78 is 0. The van der Waals surface area contributed by atoms with Gasteiger partial charge in [-0.05, 0) is 136 Å². The SMILES string of the molecule is C=C(/C=C\[C@H]1CC[C@@]2(C)C(=CC[C@@H]3[C@@H]2CC[C@]2(C)C(c4cccnc4)=CC[C@@H]32)C1)C1CCN(C)CC1. The van der Waals surface area contributed by atoms with Gasteiger partial charge in [-0.3, -0.25) is 4.98 Å². The lowest BCUT2D eigenvalue weighted by molar-refractivity contribution is -0.0126. The van der Waals surface area contributed by atoms with Crippen LogP contribution in [-0.2, 0) is 0 Å². The van der Waals surface area contributed by atoms with Crippen molar-refractivity contribution in [3.05, 3.63) is 72.1 Å². The number of nitrogens with zero attached hydrogens (tertiary/aromatic N) is 2. The van der Waals surface area contributed by atoms with E-state index in [0.717, 1.165) is 17.8 Å². The summed E-state index contributed by atoms with van der Waals surface area (Å²) in [4.78, 5) is 6.90. The van der Waals surface area contributed by atoms with Crippen molar-refractivity contribution < 1.29 is 0 Å². The van der Waals surface area contributed by atoms with E-state index in [1.807, 2.05) is 6.20 Å². The van der Waals surface area contributed by atoms with E-state index in [1.165, 1.54) is 82.0 Å². The fourth-order valence-corrected chi connectivity index (χ4v) is 9.17. The van der Waals surface area contributed by atoms with Gasteiger partial charge in [0, 0.05) is 12.4 Å². The van der Waals surface area contributed by atoms with Gasteiger partial charge in [0.25, 0.3) is 0 Å². The molecule has 0 unspecified atom stereocenters. The van der Waals surface area contributed by atoms with E-state index < -0.39 is 0 Å². The lowest BCUT2D eigenvalue weighted by Gasteiger charge is -2.58. The van der Waals surface area contributed by atoms with Gasteiger partial charge in [-0.15, -0.1) is 0 Å². The van der Waals surface area contributed by atoms with Crippen LogP contribution in [0.4, 0.5) is 0 Å². The fraction of sp³-hybridized carbons (Fsp3) is 0.618. The van der Waals surface area contributed by atoms with Gasteiger partial charge in [-0.25, -0.2) is 0 Å². The van der Waals surface area contributed by atoms with E-state index in [4.69, 9.17) is 0 Å². The number of fused-ring (bicyclic) bond motifs is 5. The Balaban J connectivity index is 1.15. The van der Waals surface area contributed by atoms with E-state index >= 15 is 0 Å². The number of allylic oxidation sites excluding steroid dienone is 7. The molecule has 0 spiro atoms. The minimum atomic E-state index is 0.320. The Kier molecular flexibility index (Phi) is 6.39. The zero-order chi connectivity index (χ0) is 24.9. The highest BCUT2D eigenvalue weighted by molar-refractivity contribution is 5.72. The molecule has 5 aliphatic rings. The van der Waals surface area contributed by atoms with Crippen molar-refractivity contribution in [3.63, 3.8) is 0 Å². The zero-order valence-electron chi connectivity index (χ0n) is 22.9. The first-order valence-electron chi connectivity index (χ1n) is 14.7. The Hall–Kier alpha value is -1.93. The number of hydrogen-bond acceptors (Lipinski definition) is 2. The van der Waals surface area contributed by atoms with E-state index in [9.17, 15) is 0 Å². The molecule has 2 nitrogen and oxygen atoms in total. The summed E-state index contributed by atoms with van der Waals surface area (Å²) in [5.41, 5.74) is 6.83. The Morgan fingerprint density at radius 3 is 2.61 bits per heavy atom. The zero-order valence-corrected chi connectivity index (χ0v) is 22.9. The first kappa shape index (κ1) is 24.4. The highest BCUT2D eigenvalue weighted by Crippen LogP contribution is 2.66. The van der Waals surface area contributed by atoms with Crippen LogP contribution in [0.25, 0.3) is 5.57 Å². The molecular formula is C34H46N2. The number of rotatable bonds is 4. The van der Waals surface area contributed by atoms with Crippen LogP contribution >= 0.6 is 0 Å². The van der Waals surface area contributed by atoms with Crippen molar-refractivity contribution in [3.8, 4) is 0 Å². The standard InChI is InChI=1S/C34H46N2/c1-24(26-15-20-36(4)21-16-26)7-8-25-13-17-33(2)28(22-25)9-10-29-31-12-11-30(27-6-5-19-35-23-27)34(31,3)18-14-32(29)33/h5-9,11,19,23,25-26,29,31-32H,1,10,12-18,20-22H2,2-4H3/b8-7-/t25-,29-,31-,32-,33-,34+/m0/s1. The lowest BCUT2D eigenvalue weighted by atomic mass is 9.47. The third kappa shape index (κ3) is 4.08. The van der Waals surface area contributed by atoms with Crippen molar-refractivity contribution in [2.45, 2.75) is 71.6 Å². The van der Waals surface area contributed by atoms with Crippen molar-refractivity contribution in [1.82, 2.24) is 9.88 Å². The Labute approximate surface area is 219 Å². The number of hydrogen-bond donors (Lipinski definition) is 0. The molecule has 2 heteroatoms. The van der Waals surface area contributed by atoms with E-state index in [-0.39, 0.29) is 0 Å². The maximum atomic E-state index is 4.47. The number of pyridine rings is 1. The van der Waals surface area contributed by atoms with Crippen LogP contribution in [0.2, 0.25) is 0 Å². The summed E-state index contributed by atoms with van der Waals surface area (Å²) in [6.07, 6.45) is 26.0. The average molecular weight is 483 g/mol. The van der Waals surface area contributed by atoms with Crippen molar-refractivity contribution in [2.75, 3.05) is 20.1 Å². The monoisotopic (exact) mass is 482 g/mol. The molecule has 1 aliphatic heterocycles. The number of piperidine rings is 1. The second-order valence-electron chi connectivity index (χ2n) is 13.3. The summed E-state index contributed by atoms with van der Waals surface area (Å²) in [5, 5.41) is 0. The van der Waals surface area contributed by atoms with Gasteiger partial charge in [0.05, 0.1) is 0 Å². The van der Waals surface area contributed by atoms with Gasteiger partial charge < -0.3 is 4.90 Å². The molecule has 1 aromatic rings. The molecule has 1 saturated heterocycles. The molecule has 0 aromatic carbocycles. The Morgan fingerprint density at radius 2 is 1.83 bits per heavy atom. The van der Waals surface area contributed by atoms with E-state index in [1.54, 1.807) is 11.1 Å². The maximum absolute atomic E-state index is 4.47. The Bertz CT molecular complexity index is 1070. The lowest BCUT2D eigenvalue weighted by Crippen LogP contribution is -2.49. The summed E-state index contributed by atoms with van der Waals surface area (Å²) in [6, 6.07) is 4.38. The third-order valence-electron chi connectivity index (χ3n) is 11.5. The van der Waals surface area contributed by atoms with Gasteiger partial charge in [0.1, 0.15) is 0 Å². The molecule has 4 aliphatic carbocycles. The highest BCUT2D eigenvalue weighted by Gasteiger charge is 2.56. The first-order chi connectivity index (χ1) is 17.4. The minimum absolute atomic E-state index is 0.320. The third-order valence-corrected chi connectivity index (χ3v) is 11.5. The molecule has 1 aromatic heterocycles. The van der Waals surface area contributed by atoms with Crippen LogP contribution in [-0.4, -0.2) is 30.0 Å². The van der Waals surface area contributed by atoms with Crippen molar-refractivity contribution in [2.24, 2.45) is 40.4 Å². The van der Waals surface area contributed by atoms with Crippen molar-refractivity contribution >= 4 is 5.57 Å². The van der Waals surface area contributed by atoms with Crippen molar-refractivity contribution in [1.29, 1.82) is 0 Å². The smallest absolute Gasteiger partial charge is 0.0343 e. The van der Waals surface area contributed by atoms with E-state index in [0.29, 0.717) is 22.7 Å². The van der Waals surface area contributed by atoms with Gasteiger partial charge in [-0.2, -0.15) is 0 Å². The van der Waals surface area contributed by atoms with Crippen LogP contribution in [0, 0.1) is 40.4 Å². The van der Waals surface area contributed by atoms with Gasteiger partial charge in [0.15, 0.2) is 0 Å². The molecule has 0 bridgehead atoms. The Morgan fingerprint density at radius 1 is 1.03 bits per heavy atom. The summed E-state index contributed by atoms with van der Waals surface area (Å²) in [5.74, 6) is 3.87. The molecule has 2 saturated carbocycles. The van der Waals surface area contributed by atoms with Crippen LogP contribution in [0.1, 0.15) is 77.2 Å². The maximum Gasteiger partial charge on any atom is 0.0343 e. The fourth-order valence-electron chi connectivity index (χ4n) is 9.17. The molecule has 0 radical (unpaired) electrons. The molecule has 0 N–H and O–H groups in total. The molecule has 192 valence electrons. The minimum Gasteiger partial charge on any atom is -0.306 e. The quantitative estimate of drug-likeness (QED) is 0.318. The normalized spacial score (nSPS) is 39.2. The first-order valence-corrected chi connectivity index (χ1v) is 14.7. The van der Waals surface area contributed by atoms with Crippen LogP contribution in [0.15, 0.2) is 66.6 Å². The predicted molar refractivity (Wildman–Crippen MR) is 151 cm³/mol. The molecule has 36 heavy (non-hydrogen) atoms.